The summed E-state index contributed by atoms with van der Waals surface area (Å²) >= 11 is 0. The molecule has 0 unspecified atom stereocenters. The van der Waals surface area contributed by atoms with Crippen LogP contribution in [0.1, 0.15) is 6.42 Å². The van der Waals surface area contributed by atoms with Crippen LogP contribution in [0.2, 0.25) is 0 Å². The third-order valence-electron chi connectivity index (χ3n) is 3.24. The molecule has 98 valence electrons. The topological polar surface area (TPSA) is 20.3 Å². The van der Waals surface area contributed by atoms with Crippen molar-refractivity contribution >= 4 is 17.2 Å². The Labute approximate surface area is 118 Å². The van der Waals surface area contributed by atoms with Crippen LogP contribution in [0.4, 0.5) is 11.4 Å². The number of carbonyl (C=O) groups is 1. The molecule has 0 saturated carbocycles. The number of hydrogen-bond acceptors (Lipinski definition) is 2. The average Bonchev–Trinajstić information content (AvgIpc) is 2.52. The maximum absolute atomic E-state index is 11.4. The molecule has 1 aliphatic rings. The SMILES string of the molecule is O=C1C=CC(N(c2ccccc2)c2ccccc2)=CC1. The van der Waals surface area contributed by atoms with Gasteiger partial charge in [0.15, 0.2) is 5.78 Å². The van der Waals surface area contributed by atoms with E-state index in [1.807, 2.05) is 48.6 Å². The van der Waals surface area contributed by atoms with Crippen molar-refractivity contribution < 1.29 is 4.79 Å². The number of rotatable bonds is 3. The molecule has 0 aliphatic heterocycles. The Morgan fingerprint density at radius 1 is 0.750 bits per heavy atom. The lowest BCUT2D eigenvalue weighted by Crippen LogP contribution is -2.17. The zero-order chi connectivity index (χ0) is 13.8. The zero-order valence-corrected chi connectivity index (χ0v) is 11.1. The first-order valence-corrected chi connectivity index (χ1v) is 6.66. The predicted octanol–water partition coefficient (Wildman–Crippen LogP) is 4.24. The van der Waals surface area contributed by atoms with Gasteiger partial charge in [-0.2, -0.15) is 0 Å². The smallest absolute Gasteiger partial charge is 0.159 e. The predicted molar refractivity (Wildman–Crippen MR) is 81.9 cm³/mol. The molecule has 1 aliphatic carbocycles. The van der Waals surface area contributed by atoms with Crippen LogP contribution in [0.5, 0.6) is 0 Å². The molecule has 20 heavy (non-hydrogen) atoms. The fourth-order valence-corrected chi connectivity index (χ4v) is 2.29. The van der Waals surface area contributed by atoms with E-state index >= 15 is 0 Å². The first kappa shape index (κ1) is 12.4. The Hall–Kier alpha value is -2.61. The summed E-state index contributed by atoms with van der Waals surface area (Å²) in [5.74, 6) is 0.148. The maximum atomic E-state index is 11.4. The molecule has 2 aromatic carbocycles. The highest BCUT2D eigenvalue weighted by molar-refractivity contribution is 5.93. The number of benzene rings is 2. The number of hydrogen-bond donors (Lipinski definition) is 0. The second-order valence-corrected chi connectivity index (χ2v) is 4.64. The Kier molecular flexibility index (Phi) is 3.46. The molecule has 2 nitrogen and oxygen atoms in total. The van der Waals surface area contributed by atoms with Gasteiger partial charge in [-0.05, 0) is 36.4 Å². The van der Waals surface area contributed by atoms with Crippen LogP contribution in [0.3, 0.4) is 0 Å². The van der Waals surface area contributed by atoms with Gasteiger partial charge in [-0.3, -0.25) is 4.79 Å². The number of allylic oxidation sites excluding steroid dienone is 3. The summed E-state index contributed by atoms with van der Waals surface area (Å²) in [6.07, 6.45) is 5.96. The van der Waals surface area contributed by atoms with Crippen molar-refractivity contribution in [2.75, 3.05) is 4.90 Å². The summed E-state index contributed by atoms with van der Waals surface area (Å²) < 4.78 is 0. The number of para-hydroxylation sites is 2. The van der Waals surface area contributed by atoms with E-state index in [1.54, 1.807) is 6.08 Å². The van der Waals surface area contributed by atoms with Gasteiger partial charge in [-0.25, -0.2) is 0 Å². The third-order valence-corrected chi connectivity index (χ3v) is 3.24. The van der Waals surface area contributed by atoms with E-state index in [0.717, 1.165) is 17.1 Å². The van der Waals surface area contributed by atoms with Gasteiger partial charge in [0, 0.05) is 23.5 Å². The first-order chi connectivity index (χ1) is 9.84. The van der Waals surface area contributed by atoms with Crippen LogP contribution in [0, 0.1) is 0 Å². The molecule has 2 heteroatoms. The van der Waals surface area contributed by atoms with Crippen LogP contribution in [-0.2, 0) is 4.79 Å². The van der Waals surface area contributed by atoms with E-state index in [2.05, 4.69) is 29.2 Å². The molecule has 0 amide bonds. The van der Waals surface area contributed by atoms with E-state index in [-0.39, 0.29) is 5.78 Å². The summed E-state index contributed by atoms with van der Waals surface area (Å²) in [5.41, 5.74) is 3.20. The molecule has 0 bridgehead atoms. The Bertz CT molecular complexity index is 617. The molecule has 3 rings (SSSR count). The molecular formula is C18H15NO. The molecule has 0 radical (unpaired) electrons. The first-order valence-electron chi connectivity index (χ1n) is 6.66. The van der Waals surface area contributed by atoms with Gasteiger partial charge in [0.1, 0.15) is 0 Å². The highest BCUT2D eigenvalue weighted by Crippen LogP contribution is 2.31. The van der Waals surface area contributed by atoms with Crippen molar-refractivity contribution in [3.05, 3.63) is 84.6 Å². The minimum Gasteiger partial charge on any atom is -0.311 e. The number of nitrogens with zero attached hydrogens (tertiary/aromatic N) is 1. The van der Waals surface area contributed by atoms with Crippen LogP contribution in [0.15, 0.2) is 84.6 Å². The van der Waals surface area contributed by atoms with E-state index < -0.39 is 0 Å². The van der Waals surface area contributed by atoms with Crippen LogP contribution in [-0.4, -0.2) is 5.78 Å². The number of carbonyl (C=O) groups excluding carboxylic acids is 1. The largest absolute Gasteiger partial charge is 0.311 e. The molecule has 0 aromatic heterocycles. The van der Waals surface area contributed by atoms with Crippen LogP contribution >= 0.6 is 0 Å². The lowest BCUT2D eigenvalue weighted by Gasteiger charge is -2.27. The van der Waals surface area contributed by atoms with Crippen LogP contribution in [0.25, 0.3) is 0 Å². The van der Waals surface area contributed by atoms with Crippen molar-refractivity contribution in [1.82, 2.24) is 0 Å². The minimum atomic E-state index is 0.148. The lowest BCUT2D eigenvalue weighted by molar-refractivity contribution is -0.113. The van der Waals surface area contributed by atoms with Crippen molar-refractivity contribution in [3.63, 3.8) is 0 Å². The summed E-state index contributed by atoms with van der Waals surface area (Å²) in [4.78, 5) is 13.5. The highest BCUT2D eigenvalue weighted by atomic mass is 16.1. The monoisotopic (exact) mass is 261 g/mol. The van der Waals surface area contributed by atoms with E-state index in [1.165, 1.54) is 0 Å². The second kappa shape index (κ2) is 5.57. The maximum Gasteiger partial charge on any atom is 0.159 e. The molecule has 2 aromatic rings. The van der Waals surface area contributed by atoms with Gasteiger partial charge in [-0.1, -0.05) is 42.5 Å². The fourth-order valence-electron chi connectivity index (χ4n) is 2.29. The van der Waals surface area contributed by atoms with Gasteiger partial charge in [-0.15, -0.1) is 0 Å². The van der Waals surface area contributed by atoms with Crippen LogP contribution < -0.4 is 4.90 Å². The fraction of sp³-hybridized carbons (Fsp3) is 0.0556. The summed E-state index contributed by atoms with van der Waals surface area (Å²) in [6.45, 7) is 0. The highest BCUT2D eigenvalue weighted by Gasteiger charge is 2.14. The zero-order valence-electron chi connectivity index (χ0n) is 11.1. The number of anilines is 2. The van der Waals surface area contributed by atoms with Crippen molar-refractivity contribution in [2.45, 2.75) is 6.42 Å². The summed E-state index contributed by atoms with van der Waals surface area (Å²) in [7, 11) is 0. The quantitative estimate of drug-likeness (QED) is 0.823. The van der Waals surface area contributed by atoms with Gasteiger partial charge in [0.25, 0.3) is 0 Å². The molecule has 0 atom stereocenters. The van der Waals surface area contributed by atoms with E-state index in [0.29, 0.717) is 6.42 Å². The van der Waals surface area contributed by atoms with Gasteiger partial charge < -0.3 is 4.90 Å². The normalized spacial score (nSPS) is 14.0. The minimum absolute atomic E-state index is 0.148. The standard InChI is InChI=1S/C18H15NO/c20-18-13-11-17(12-14-18)19(15-7-3-1-4-8-15)16-9-5-2-6-10-16/h1-13H,14H2. The Balaban J connectivity index is 2.05. The molecule has 0 heterocycles. The van der Waals surface area contributed by atoms with Crippen molar-refractivity contribution in [3.8, 4) is 0 Å². The van der Waals surface area contributed by atoms with Gasteiger partial charge >= 0.3 is 0 Å². The summed E-state index contributed by atoms with van der Waals surface area (Å²) in [5, 5.41) is 0. The second-order valence-electron chi connectivity index (χ2n) is 4.64. The average molecular weight is 261 g/mol. The molecule has 0 N–H and O–H groups in total. The summed E-state index contributed by atoms with van der Waals surface area (Å²) in [6, 6.07) is 20.3. The van der Waals surface area contributed by atoms with Crippen molar-refractivity contribution in [2.24, 2.45) is 0 Å². The van der Waals surface area contributed by atoms with Gasteiger partial charge in [0.2, 0.25) is 0 Å². The molecular weight excluding hydrogens is 246 g/mol. The van der Waals surface area contributed by atoms with Crippen molar-refractivity contribution in [1.29, 1.82) is 0 Å². The van der Waals surface area contributed by atoms with E-state index in [4.69, 9.17) is 0 Å². The Morgan fingerprint density at radius 2 is 1.30 bits per heavy atom. The molecule has 0 fully saturated rings. The Morgan fingerprint density at radius 3 is 1.75 bits per heavy atom. The van der Waals surface area contributed by atoms with E-state index in [9.17, 15) is 4.79 Å². The third kappa shape index (κ3) is 2.54. The van der Waals surface area contributed by atoms with Gasteiger partial charge in [0.05, 0.1) is 0 Å². The molecule has 0 spiro atoms. The molecule has 0 saturated heterocycles. The number of ketones is 1. The lowest BCUT2D eigenvalue weighted by atomic mass is 10.1.